The average Bonchev–Trinajstić information content (AvgIpc) is 3.36. The summed E-state index contributed by atoms with van der Waals surface area (Å²) in [6, 6.07) is 22.5. The SMILES string of the molecule is CCc1ccc(CN2C(=S)NC(c3cccc(F)c3)C(c3nc(-c4ccc(C)cc4)no3)=C2C)cc1. The van der Waals surface area contributed by atoms with E-state index in [1.807, 2.05) is 49.1 Å². The Kier molecular flexibility index (Phi) is 6.65. The first kappa shape index (κ1) is 23.9. The van der Waals surface area contributed by atoms with Crippen LogP contribution in [-0.2, 0) is 13.0 Å². The Bertz CT molecular complexity index is 1430. The lowest BCUT2D eigenvalue weighted by Crippen LogP contribution is -2.45. The highest BCUT2D eigenvalue weighted by Crippen LogP contribution is 2.38. The van der Waals surface area contributed by atoms with Crippen LogP contribution in [0.25, 0.3) is 17.0 Å². The Hall–Kier alpha value is -3.84. The molecule has 4 aromatic rings. The molecule has 0 bridgehead atoms. The van der Waals surface area contributed by atoms with Crippen LogP contribution in [0.3, 0.4) is 0 Å². The van der Waals surface area contributed by atoms with Crippen LogP contribution >= 0.6 is 12.2 Å². The lowest BCUT2D eigenvalue weighted by Gasteiger charge is -2.37. The summed E-state index contributed by atoms with van der Waals surface area (Å²) in [6.45, 7) is 6.74. The molecule has 2 heterocycles. The van der Waals surface area contributed by atoms with E-state index < -0.39 is 6.04 Å². The van der Waals surface area contributed by atoms with E-state index >= 15 is 0 Å². The van der Waals surface area contributed by atoms with Crippen molar-refractivity contribution in [3.05, 3.63) is 112 Å². The molecule has 0 aliphatic carbocycles. The number of nitrogens with one attached hydrogen (secondary N) is 1. The third-order valence-corrected chi connectivity index (χ3v) is 6.85. The van der Waals surface area contributed by atoms with Crippen LogP contribution in [0.1, 0.15) is 48.0 Å². The Morgan fingerprint density at radius 2 is 1.72 bits per heavy atom. The number of halogens is 1. The zero-order valence-corrected chi connectivity index (χ0v) is 21.3. The van der Waals surface area contributed by atoms with Gasteiger partial charge in [0.05, 0.1) is 11.6 Å². The van der Waals surface area contributed by atoms with Crippen LogP contribution in [0, 0.1) is 12.7 Å². The van der Waals surface area contributed by atoms with Gasteiger partial charge in [-0.25, -0.2) is 4.39 Å². The van der Waals surface area contributed by atoms with Gasteiger partial charge >= 0.3 is 0 Å². The molecule has 36 heavy (non-hydrogen) atoms. The van der Waals surface area contributed by atoms with Gasteiger partial charge in [0.2, 0.25) is 5.82 Å². The first-order valence-corrected chi connectivity index (χ1v) is 12.4. The topological polar surface area (TPSA) is 54.2 Å². The highest BCUT2D eigenvalue weighted by Gasteiger charge is 2.34. The predicted octanol–water partition coefficient (Wildman–Crippen LogP) is 6.61. The standard InChI is InChI=1S/C29H27FN4OS/c1-4-20-10-12-21(13-11-20)17-34-19(3)25(26(31-29(34)36)23-6-5-7-24(30)16-23)28-32-27(33-35-28)22-14-8-18(2)9-15-22/h5-16,26H,4,17H2,1-3H3,(H,31,36). The summed E-state index contributed by atoms with van der Waals surface area (Å²) in [6.07, 6.45) is 0.989. The third-order valence-electron chi connectivity index (χ3n) is 6.52. The van der Waals surface area contributed by atoms with Crippen LogP contribution < -0.4 is 5.32 Å². The van der Waals surface area contributed by atoms with Crippen LogP contribution in [0.2, 0.25) is 0 Å². The molecule has 1 atom stereocenters. The summed E-state index contributed by atoms with van der Waals surface area (Å²) < 4.78 is 20.0. The second kappa shape index (κ2) is 10.0. The molecule has 0 amide bonds. The smallest absolute Gasteiger partial charge is 0.258 e. The van der Waals surface area contributed by atoms with Crippen molar-refractivity contribution >= 4 is 22.9 Å². The second-order valence-corrected chi connectivity index (χ2v) is 9.37. The van der Waals surface area contributed by atoms with Crippen LogP contribution in [-0.4, -0.2) is 20.2 Å². The second-order valence-electron chi connectivity index (χ2n) is 8.98. The van der Waals surface area contributed by atoms with Gasteiger partial charge < -0.3 is 14.7 Å². The summed E-state index contributed by atoms with van der Waals surface area (Å²) in [7, 11) is 0. The Labute approximate surface area is 215 Å². The van der Waals surface area contributed by atoms with Gasteiger partial charge in [-0.2, -0.15) is 4.98 Å². The van der Waals surface area contributed by atoms with Crippen LogP contribution in [0.5, 0.6) is 0 Å². The number of aryl methyl sites for hydroxylation is 2. The molecule has 1 unspecified atom stereocenters. The minimum absolute atomic E-state index is 0.318. The predicted molar refractivity (Wildman–Crippen MR) is 143 cm³/mol. The van der Waals surface area contributed by atoms with E-state index in [-0.39, 0.29) is 5.82 Å². The molecule has 182 valence electrons. The number of aromatic nitrogens is 2. The number of thiocarbonyl (C=S) groups is 1. The minimum atomic E-state index is -0.432. The summed E-state index contributed by atoms with van der Waals surface area (Å²) >= 11 is 5.78. The van der Waals surface area contributed by atoms with Crippen molar-refractivity contribution < 1.29 is 8.91 Å². The van der Waals surface area contributed by atoms with E-state index in [0.717, 1.165) is 39.9 Å². The highest BCUT2D eigenvalue weighted by atomic mass is 32.1. The summed E-state index contributed by atoms with van der Waals surface area (Å²) in [4.78, 5) is 6.76. The average molecular weight is 499 g/mol. The molecule has 1 N–H and O–H groups in total. The lowest BCUT2D eigenvalue weighted by molar-refractivity contribution is 0.396. The van der Waals surface area contributed by atoms with Gasteiger partial charge in [-0.3, -0.25) is 0 Å². The molecule has 0 fully saturated rings. The van der Waals surface area contributed by atoms with Gasteiger partial charge in [0.15, 0.2) is 5.11 Å². The van der Waals surface area contributed by atoms with E-state index in [0.29, 0.717) is 23.4 Å². The zero-order valence-electron chi connectivity index (χ0n) is 20.5. The molecular weight excluding hydrogens is 471 g/mol. The third kappa shape index (κ3) is 4.79. The molecule has 0 radical (unpaired) electrons. The largest absolute Gasteiger partial charge is 0.351 e. The van der Waals surface area contributed by atoms with Crippen molar-refractivity contribution in [2.24, 2.45) is 0 Å². The molecule has 5 rings (SSSR count). The van der Waals surface area contributed by atoms with Gasteiger partial charge in [0.25, 0.3) is 5.89 Å². The van der Waals surface area contributed by atoms with E-state index in [9.17, 15) is 4.39 Å². The normalized spacial score (nSPS) is 15.8. The van der Waals surface area contributed by atoms with E-state index in [2.05, 4.69) is 41.7 Å². The summed E-state index contributed by atoms with van der Waals surface area (Å²) in [5.74, 6) is 0.554. The monoisotopic (exact) mass is 498 g/mol. The first-order chi connectivity index (χ1) is 17.4. The van der Waals surface area contributed by atoms with Gasteiger partial charge in [0, 0.05) is 17.8 Å². The molecule has 0 saturated carbocycles. The maximum Gasteiger partial charge on any atom is 0.258 e. The van der Waals surface area contributed by atoms with E-state index in [1.165, 1.54) is 17.7 Å². The Morgan fingerprint density at radius 1 is 1.00 bits per heavy atom. The minimum Gasteiger partial charge on any atom is -0.351 e. The number of hydrogen-bond acceptors (Lipinski definition) is 4. The van der Waals surface area contributed by atoms with E-state index in [1.54, 1.807) is 6.07 Å². The molecule has 1 aromatic heterocycles. The van der Waals surface area contributed by atoms with Gasteiger partial charge in [0.1, 0.15) is 5.82 Å². The zero-order chi connectivity index (χ0) is 25.2. The van der Waals surface area contributed by atoms with Gasteiger partial charge in [-0.1, -0.05) is 78.3 Å². The maximum absolute atomic E-state index is 14.2. The number of allylic oxidation sites excluding steroid dienone is 1. The van der Waals surface area contributed by atoms with E-state index in [4.69, 9.17) is 21.7 Å². The van der Waals surface area contributed by atoms with Crippen LogP contribution in [0.15, 0.2) is 83.0 Å². The van der Waals surface area contributed by atoms with Gasteiger partial charge in [-0.05, 0) is 61.3 Å². The Morgan fingerprint density at radius 3 is 2.42 bits per heavy atom. The van der Waals surface area contributed by atoms with Crippen molar-refractivity contribution in [3.8, 4) is 11.4 Å². The molecule has 7 heteroatoms. The Balaban J connectivity index is 1.57. The molecule has 5 nitrogen and oxygen atoms in total. The molecule has 0 saturated heterocycles. The highest BCUT2D eigenvalue weighted by molar-refractivity contribution is 7.80. The quantitative estimate of drug-likeness (QED) is 0.302. The fourth-order valence-corrected chi connectivity index (χ4v) is 4.72. The van der Waals surface area contributed by atoms with Crippen LogP contribution in [0.4, 0.5) is 4.39 Å². The summed E-state index contributed by atoms with van der Waals surface area (Å²) in [5, 5.41) is 8.20. The van der Waals surface area contributed by atoms with Crippen molar-refractivity contribution in [2.75, 3.05) is 0 Å². The maximum atomic E-state index is 14.2. The molecule has 1 aliphatic rings. The van der Waals surface area contributed by atoms with Crippen molar-refractivity contribution in [1.29, 1.82) is 0 Å². The molecule has 0 spiro atoms. The van der Waals surface area contributed by atoms with Crippen molar-refractivity contribution in [1.82, 2.24) is 20.4 Å². The summed E-state index contributed by atoms with van der Waals surface area (Å²) in [5.41, 5.74) is 6.81. The van der Waals surface area contributed by atoms with Gasteiger partial charge in [-0.15, -0.1) is 0 Å². The molecular formula is C29H27FN4OS. The fraction of sp³-hybridized carbons (Fsp3) is 0.207. The molecule has 3 aromatic carbocycles. The first-order valence-electron chi connectivity index (χ1n) is 12.0. The van der Waals surface area contributed by atoms with Crippen molar-refractivity contribution in [2.45, 2.75) is 39.8 Å². The number of rotatable bonds is 6. The lowest BCUT2D eigenvalue weighted by atomic mass is 9.94. The molecule has 1 aliphatic heterocycles. The fourth-order valence-electron chi connectivity index (χ4n) is 4.40. The van der Waals surface area contributed by atoms with Crippen molar-refractivity contribution in [3.63, 3.8) is 0 Å². The number of benzene rings is 3. The number of hydrogen-bond donors (Lipinski definition) is 1. The number of nitrogens with zero attached hydrogens (tertiary/aromatic N) is 3.